The second-order valence-electron chi connectivity index (χ2n) is 5.43. The third kappa shape index (κ3) is 1.99. The summed E-state index contributed by atoms with van der Waals surface area (Å²) in [5, 5.41) is 0. The molecule has 0 bridgehead atoms. The van der Waals surface area contributed by atoms with E-state index >= 15 is 0 Å². The fraction of sp³-hybridized carbons (Fsp3) is 0.600. The van der Waals surface area contributed by atoms with Crippen LogP contribution in [0.15, 0.2) is 23.3 Å². The number of allylic oxidation sites excluding steroid dienone is 4. The first-order chi connectivity index (χ1) is 8.96. The van der Waals surface area contributed by atoms with Crippen molar-refractivity contribution in [2.24, 2.45) is 17.3 Å². The highest BCUT2D eigenvalue weighted by Crippen LogP contribution is 2.51. The third-order valence-corrected chi connectivity index (χ3v) is 4.48. The van der Waals surface area contributed by atoms with Crippen LogP contribution in [0.25, 0.3) is 0 Å². The van der Waals surface area contributed by atoms with Gasteiger partial charge in [0, 0.05) is 0 Å². The predicted octanol–water partition coefficient (Wildman–Crippen LogP) is 2.25. The second-order valence-corrected chi connectivity index (χ2v) is 5.43. The summed E-state index contributed by atoms with van der Waals surface area (Å²) in [5.74, 6) is -0.475. The number of rotatable bonds is 2. The Morgan fingerprint density at radius 2 is 1.79 bits per heavy atom. The molecule has 0 aromatic heterocycles. The van der Waals surface area contributed by atoms with Gasteiger partial charge in [-0.15, -0.1) is 0 Å². The zero-order valence-corrected chi connectivity index (χ0v) is 11.9. The van der Waals surface area contributed by atoms with E-state index in [1.165, 1.54) is 25.4 Å². The van der Waals surface area contributed by atoms with Crippen LogP contribution in [0.2, 0.25) is 0 Å². The van der Waals surface area contributed by atoms with E-state index in [-0.39, 0.29) is 5.92 Å². The minimum absolute atomic E-state index is 0.148. The lowest BCUT2D eigenvalue weighted by Crippen LogP contribution is -2.39. The molecule has 19 heavy (non-hydrogen) atoms. The molecule has 1 saturated carbocycles. The van der Waals surface area contributed by atoms with E-state index < -0.39 is 17.4 Å². The van der Waals surface area contributed by atoms with Crippen molar-refractivity contribution in [3.63, 3.8) is 0 Å². The van der Waals surface area contributed by atoms with Crippen LogP contribution in [-0.4, -0.2) is 26.2 Å². The Hall–Kier alpha value is -1.58. The first-order valence-corrected chi connectivity index (χ1v) is 6.51. The summed E-state index contributed by atoms with van der Waals surface area (Å²) in [4.78, 5) is 24.2. The van der Waals surface area contributed by atoms with Crippen molar-refractivity contribution in [2.75, 3.05) is 14.2 Å². The molecule has 4 heteroatoms. The molecule has 104 valence electrons. The van der Waals surface area contributed by atoms with E-state index in [0.29, 0.717) is 18.8 Å². The van der Waals surface area contributed by atoms with E-state index in [1.807, 2.05) is 0 Å². The Kier molecular flexibility index (Phi) is 3.52. The molecule has 4 nitrogen and oxygen atoms in total. The maximum absolute atomic E-state index is 12.1. The van der Waals surface area contributed by atoms with Gasteiger partial charge >= 0.3 is 11.9 Å². The number of hydrogen-bond donors (Lipinski definition) is 0. The van der Waals surface area contributed by atoms with Gasteiger partial charge in [-0.1, -0.05) is 30.2 Å². The summed E-state index contributed by atoms with van der Waals surface area (Å²) >= 11 is 0. The van der Waals surface area contributed by atoms with Crippen LogP contribution >= 0.6 is 0 Å². The average Bonchev–Trinajstić information content (AvgIpc) is 2.82. The molecule has 0 N–H and O–H groups in total. The SMILES string of the molecule is COC(=O)C1(C(=O)OC)CC2=C(C)[C@@H](C)C=C[C@H]2C1. The molecule has 0 unspecified atom stereocenters. The van der Waals surface area contributed by atoms with Gasteiger partial charge in [0.2, 0.25) is 0 Å². The molecule has 1 fully saturated rings. The molecule has 0 saturated heterocycles. The zero-order chi connectivity index (χ0) is 14.2. The van der Waals surface area contributed by atoms with Crippen molar-refractivity contribution < 1.29 is 19.1 Å². The van der Waals surface area contributed by atoms with Crippen LogP contribution in [-0.2, 0) is 19.1 Å². The van der Waals surface area contributed by atoms with E-state index in [4.69, 9.17) is 9.47 Å². The van der Waals surface area contributed by atoms with Crippen LogP contribution in [0.4, 0.5) is 0 Å². The second kappa shape index (κ2) is 4.83. The van der Waals surface area contributed by atoms with E-state index in [0.717, 1.165) is 0 Å². The summed E-state index contributed by atoms with van der Waals surface area (Å²) in [7, 11) is 2.63. The largest absolute Gasteiger partial charge is 0.468 e. The van der Waals surface area contributed by atoms with Crippen molar-refractivity contribution >= 4 is 11.9 Å². The van der Waals surface area contributed by atoms with Crippen LogP contribution < -0.4 is 0 Å². The first-order valence-electron chi connectivity index (χ1n) is 6.51. The summed E-state index contributed by atoms with van der Waals surface area (Å²) in [5.41, 5.74) is 1.27. The first kappa shape index (κ1) is 13.8. The lowest BCUT2D eigenvalue weighted by Gasteiger charge is -2.22. The average molecular weight is 264 g/mol. The summed E-state index contributed by atoms with van der Waals surface area (Å²) in [6.45, 7) is 4.19. The van der Waals surface area contributed by atoms with Gasteiger partial charge in [-0.25, -0.2) is 0 Å². The van der Waals surface area contributed by atoms with Crippen molar-refractivity contribution in [2.45, 2.75) is 26.7 Å². The fourth-order valence-electron chi connectivity index (χ4n) is 3.17. The van der Waals surface area contributed by atoms with Crippen molar-refractivity contribution in [1.29, 1.82) is 0 Å². The highest BCUT2D eigenvalue weighted by molar-refractivity contribution is 6.01. The third-order valence-electron chi connectivity index (χ3n) is 4.48. The Bertz CT molecular complexity index is 457. The van der Waals surface area contributed by atoms with Gasteiger partial charge in [-0.05, 0) is 31.6 Å². The van der Waals surface area contributed by atoms with E-state index in [1.54, 1.807) is 0 Å². The van der Waals surface area contributed by atoms with Crippen LogP contribution in [0.5, 0.6) is 0 Å². The summed E-state index contributed by atoms with van der Waals surface area (Å²) < 4.78 is 9.68. The van der Waals surface area contributed by atoms with Gasteiger partial charge in [0.05, 0.1) is 14.2 Å². The number of esters is 2. The number of ether oxygens (including phenoxy) is 2. The summed E-state index contributed by atoms with van der Waals surface area (Å²) in [6.07, 6.45) is 5.09. The molecule has 2 aliphatic carbocycles. The molecule has 2 atom stereocenters. The maximum atomic E-state index is 12.1. The van der Waals surface area contributed by atoms with E-state index in [2.05, 4.69) is 26.0 Å². The van der Waals surface area contributed by atoms with Gasteiger partial charge < -0.3 is 9.47 Å². The van der Waals surface area contributed by atoms with Crippen LogP contribution in [0, 0.1) is 17.3 Å². The molecule has 2 aliphatic rings. The fourth-order valence-corrected chi connectivity index (χ4v) is 3.17. The molecule has 2 rings (SSSR count). The minimum atomic E-state index is -1.17. The van der Waals surface area contributed by atoms with Gasteiger partial charge in [0.15, 0.2) is 5.41 Å². The van der Waals surface area contributed by atoms with Gasteiger partial charge in [-0.2, -0.15) is 0 Å². The number of methoxy groups -OCH3 is 2. The molecular weight excluding hydrogens is 244 g/mol. The van der Waals surface area contributed by atoms with Gasteiger partial charge in [0.1, 0.15) is 0 Å². The normalized spacial score (nSPS) is 28.0. The number of carbonyl (C=O) groups is 2. The number of hydrogen-bond acceptors (Lipinski definition) is 4. The molecular formula is C15H20O4. The highest BCUT2D eigenvalue weighted by atomic mass is 16.5. The topological polar surface area (TPSA) is 52.6 Å². The van der Waals surface area contributed by atoms with Crippen LogP contribution in [0.3, 0.4) is 0 Å². The monoisotopic (exact) mass is 264 g/mol. The minimum Gasteiger partial charge on any atom is -0.468 e. The number of carbonyl (C=O) groups excluding carboxylic acids is 2. The molecule has 0 radical (unpaired) electrons. The number of fused-ring (bicyclic) bond motifs is 1. The quantitative estimate of drug-likeness (QED) is 0.436. The van der Waals surface area contributed by atoms with Crippen LogP contribution in [0.1, 0.15) is 26.7 Å². The Morgan fingerprint density at radius 1 is 1.21 bits per heavy atom. The van der Waals surface area contributed by atoms with E-state index in [9.17, 15) is 9.59 Å². The molecule has 0 aromatic rings. The van der Waals surface area contributed by atoms with Crippen molar-refractivity contribution in [3.05, 3.63) is 23.3 Å². The lowest BCUT2D eigenvalue weighted by molar-refractivity contribution is -0.168. The zero-order valence-electron chi connectivity index (χ0n) is 11.9. The highest BCUT2D eigenvalue weighted by Gasteiger charge is 2.55. The molecule has 0 aromatic carbocycles. The Balaban J connectivity index is 2.43. The molecule has 0 amide bonds. The Morgan fingerprint density at radius 3 is 2.32 bits per heavy atom. The lowest BCUT2D eigenvalue weighted by atomic mass is 9.85. The molecule has 0 spiro atoms. The summed E-state index contributed by atoms with van der Waals surface area (Å²) in [6, 6.07) is 0. The predicted molar refractivity (Wildman–Crippen MR) is 70.2 cm³/mol. The van der Waals surface area contributed by atoms with Gasteiger partial charge in [0.25, 0.3) is 0 Å². The smallest absolute Gasteiger partial charge is 0.323 e. The maximum Gasteiger partial charge on any atom is 0.323 e. The molecule has 0 heterocycles. The van der Waals surface area contributed by atoms with Gasteiger partial charge in [-0.3, -0.25) is 9.59 Å². The Labute approximate surface area is 113 Å². The van der Waals surface area contributed by atoms with Crippen molar-refractivity contribution in [1.82, 2.24) is 0 Å². The standard InChI is InChI=1S/C15H20O4/c1-9-5-6-11-7-15(13(16)18-3,14(17)19-4)8-12(11)10(9)2/h5-6,9,11H,7-8H2,1-4H3/t9-,11-/m0/s1. The molecule has 0 aliphatic heterocycles. The van der Waals surface area contributed by atoms with Crippen molar-refractivity contribution in [3.8, 4) is 0 Å².